The number of benzene rings is 1. The molecule has 0 aliphatic carbocycles. The first-order valence-corrected chi connectivity index (χ1v) is 8.41. The van der Waals surface area contributed by atoms with E-state index in [1.54, 1.807) is 6.20 Å². The maximum absolute atomic E-state index is 12.2. The lowest BCUT2D eigenvalue weighted by Gasteiger charge is -2.17. The van der Waals surface area contributed by atoms with Crippen molar-refractivity contribution in [1.29, 1.82) is 0 Å². The van der Waals surface area contributed by atoms with Crippen molar-refractivity contribution >= 4 is 33.3 Å². The van der Waals surface area contributed by atoms with Crippen LogP contribution in [0.2, 0.25) is 0 Å². The average Bonchev–Trinajstić information content (AvgIpc) is 2.56. The molecule has 0 bridgehead atoms. The van der Waals surface area contributed by atoms with Gasteiger partial charge in [-0.1, -0.05) is 29.3 Å². The van der Waals surface area contributed by atoms with Gasteiger partial charge < -0.3 is 10.2 Å². The number of nitrogens with zero attached hydrogens (tertiary/aromatic N) is 3. The van der Waals surface area contributed by atoms with E-state index < -0.39 is 0 Å². The van der Waals surface area contributed by atoms with Crippen molar-refractivity contribution in [1.82, 2.24) is 9.97 Å². The first-order valence-electron chi connectivity index (χ1n) is 7.62. The average molecular weight is 377 g/mol. The number of hydrogen-bond acceptors (Lipinski definition) is 4. The van der Waals surface area contributed by atoms with Crippen LogP contribution in [-0.4, -0.2) is 29.5 Å². The van der Waals surface area contributed by atoms with Crippen LogP contribution in [0.1, 0.15) is 35.8 Å². The monoisotopic (exact) mass is 376 g/mol. The lowest BCUT2D eigenvalue weighted by Crippen LogP contribution is -2.21. The molecule has 0 saturated heterocycles. The van der Waals surface area contributed by atoms with Gasteiger partial charge in [0.25, 0.3) is 5.91 Å². The first-order chi connectivity index (χ1) is 11.0. The van der Waals surface area contributed by atoms with E-state index in [9.17, 15) is 4.79 Å². The van der Waals surface area contributed by atoms with Crippen LogP contribution in [-0.2, 0) is 0 Å². The molecule has 5 nitrogen and oxygen atoms in total. The van der Waals surface area contributed by atoms with Crippen LogP contribution in [0.4, 0.5) is 11.5 Å². The van der Waals surface area contributed by atoms with Crippen LogP contribution in [0, 0.1) is 6.92 Å². The van der Waals surface area contributed by atoms with E-state index in [2.05, 4.69) is 38.1 Å². The summed E-state index contributed by atoms with van der Waals surface area (Å²) in [6.07, 6.45) is 5.38. The molecular formula is C17H21BrN4O. The van der Waals surface area contributed by atoms with Gasteiger partial charge in [-0.3, -0.25) is 4.79 Å². The van der Waals surface area contributed by atoms with Gasteiger partial charge in [0, 0.05) is 23.8 Å². The molecule has 6 heteroatoms. The standard InChI is InChI=1S/C17H21BrN4O/c1-4-5-8-22(3)16-11-19-15(10-20-16)17(23)21-13-6-7-14(18)12(2)9-13/h6-7,9-11H,4-5,8H2,1-3H3,(H,21,23). The number of hydrogen-bond donors (Lipinski definition) is 1. The van der Waals surface area contributed by atoms with E-state index in [-0.39, 0.29) is 5.91 Å². The summed E-state index contributed by atoms with van der Waals surface area (Å²) in [5.41, 5.74) is 2.10. The molecule has 1 aromatic heterocycles. The van der Waals surface area contributed by atoms with Crippen LogP contribution < -0.4 is 10.2 Å². The van der Waals surface area contributed by atoms with Crippen LogP contribution in [0.5, 0.6) is 0 Å². The number of carbonyl (C=O) groups excluding carboxylic acids is 1. The van der Waals surface area contributed by atoms with Crippen LogP contribution >= 0.6 is 15.9 Å². The maximum Gasteiger partial charge on any atom is 0.275 e. The summed E-state index contributed by atoms with van der Waals surface area (Å²) in [6.45, 7) is 5.05. The van der Waals surface area contributed by atoms with Crippen molar-refractivity contribution < 1.29 is 4.79 Å². The second kappa shape index (κ2) is 8.06. The second-order valence-corrected chi connectivity index (χ2v) is 6.31. The third kappa shape index (κ3) is 4.76. The molecule has 2 rings (SSSR count). The molecule has 0 spiro atoms. The van der Waals surface area contributed by atoms with E-state index in [1.165, 1.54) is 6.20 Å². The number of aryl methyl sites for hydroxylation is 1. The van der Waals surface area contributed by atoms with Crippen molar-refractivity contribution in [2.24, 2.45) is 0 Å². The Balaban J connectivity index is 2.03. The third-order valence-corrected chi connectivity index (χ3v) is 4.41. The van der Waals surface area contributed by atoms with Gasteiger partial charge in [0.1, 0.15) is 11.5 Å². The molecule has 0 aliphatic rings. The smallest absolute Gasteiger partial charge is 0.275 e. The number of rotatable bonds is 6. The Bertz CT molecular complexity index is 673. The lowest BCUT2D eigenvalue weighted by atomic mass is 10.2. The van der Waals surface area contributed by atoms with E-state index >= 15 is 0 Å². The fourth-order valence-electron chi connectivity index (χ4n) is 2.06. The summed E-state index contributed by atoms with van der Waals surface area (Å²) >= 11 is 3.44. The molecule has 0 saturated carbocycles. The zero-order valence-corrected chi connectivity index (χ0v) is 15.2. The molecule has 122 valence electrons. The number of nitrogens with one attached hydrogen (secondary N) is 1. The van der Waals surface area contributed by atoms with Crippen molar-refractivity contribution in [2.45, 2.75) is 26.7 Å². The molecule has 1 N–H and O–H groups in total. The third-order valence-electron chi connectivity index (χ3n) is 3.52. The van der Waals surface area contributed by atoms with Crippen molar-refractivity contribution in [3.05, 3.63) is 46.3 Å². The minimum Gasteiger partial charge on any atom is -0.358 e. The minimum atomic E-state index is -0.262. The maximum atomic E-state index is 12.2. The predicted molar refractivity (Wildman–Crippen MR) is 97.0 cm³/mol. The molecule has 1 heterocycles. The Hall–Kier alpha value is -1.95. The highest BCUT2D eigenvalue weighted by Gasteiger charge is 2.10. The fourth-order valence-corrected chi connectivity index (χ4v) is 2.31. The van der Waals surface area contributed by atoms with E-state index in [4.69, 9.17) is 0 Å². The van der Waals surface area contributed by atoms with E-state index in [0.717, 1.165) is 40.9 Å². The number of anilines is 2. The van der Waals surface area contributed by atoms with Crippen molar-refractivity contribution in [3.8, 4) is 0 Å². The molecule has 1 aromatic carbocycles. The molecule has 23 heavy (non-hydrogen) atoms. The van der Waals surface area contributed by atoms with Gasteiger partial charge in [-0.2, -0.15) is 0 Å². The summed E-state index contributed by atoms with van der Waals surface area (Å²) in [5, 5.41) is 2.83. The Morgan fingerprint density at radius 3 is 2.70 bits per heavy atom. The predicted octanol–water partition coefficient (Wildman–Crippen LogP) is 4.04. The Morgan fingerprint density at radius 1 is 1.30 bits per heavy atom. The largest absolute Gasteiger partial charge is 0.358 e. The molecule has 0 aliphatic heterocycles. The topological polar surface area (TPSA) is 58.1 Å². The molecule has 1 amide bonds. The van der Waals surface area contributed by atoms with Crippen LogP contribution in [0.15, 0.2) is 35.1 Å². The zero-order valence-electron chi connectivity index (χ0n) is 13.6. The quantitative estimate of drug-likeness (QED) is 0.826. The van der Waals surface area contributed by atoms with Crippen LogP contribution in [0.25, 0.3) is 0 Å². The fraction of sp³-hybridized carbons (Fsp3) is 0.353. The highest BCUT2D eigenvalue weighted by molar-refractivity contribution is 9.10. The first kappa shape index (κ1) is 17.4. The number of aromatic nitrogens is 2. The molecule has 0 atom stereocenters. The van der Waals surface area contributed by atoms with Crippen LogP contribution in [0.3, 0.4) is 0 Å². The molecule has 2 aromatic rings. The van der Waals surface area contributed by atoms with Gasteiger partial charge in [0.15, 0.2) is 0 Å². The van der Waals surface area contributed by atoms with Gasteiger partial charge in [0.05, 0.1) is 12.4 Å². The number of amides is 1. The Kier molecular flexibility index (Phi) is 6.10. The summed E-state index contributed by atoms with van der Waals surface area (Å²) in [4.78, 5) is 22.8. The van der Waals surface area contributed by atoms with E-state index in [0.29, 0.717) is 5.69 Å². The summed E-state index contributed by atoms with van der Waals surface area (Å²) in [6, 6.07) is 5.65. The molecule has 0 radical (unpaired) electrons. The van der Waals surface area contributed by atoms with Gasteiger partial charge in [0.2, 0.25) is 0 Å². The highest BCUT2D eigenvalue weighted by atomic mass is 79.9. The normalized spacial score (nSPS) is 10.4. The van der Waals surface area contributed by atoms with Crippen molar-refractivity contribution in [2.75, 3.05) is 23.8 Å². The number of halogens is 1. The van der Waals surface area contributed by atoms with Gasteiger partial charge in [-0.15, -0.1) is 0 Å². The van der Waals surface area contributed by atoms with Gasteiger partial charge in [-0.05, 0) is 37.1 Å². The number of unbranched alkanes of at least 4 members (excludes halogenated alkanes) is 1. The summed E-state index contributed by atoms with van der Waals surface area (Å²) in [5.74, 6) is 0.511. The summed E-state index contributed by atoms with van der Waals surface area (Å²) < 4.78 is 1.01. The molecular weight excluding hydrogens is 356 g/mol. The van der Waals surface area contributed by atoms with Gasteiger partial charge >= 0.3 is 0 Å². The zero-order chi connectivity index (χ0) is 16.8. The Labute approximate surface area is 145 Å². The molecule has 0 unspecified atom stereocenters. The molecule has 0 fully saturated rings. The summed E-state index contributed by atoms with van der Waals surface area (Å²) in [7, 11) is 1.98. The number of carbonyl (C=O) groups is 1. The van der Waals surface area contributed by atoms with Gasteiger partial charge in [-0.25, -0.2) is 9.97 Å². The van der Waals surface area contributed by atoms with E-state index in [1.807, 2.05) is 37.1 Å². The second-order valence-electron chi connectivity index (χ2n) is 5.45. The SMILES string of the molecule is CCCCN(C)c1cnc(C(=O)Nc2ccc(Br)c(C)c2)cn1. The van der Waals surface area contributed by atoms with Crippen molar-refractivity contribution in [3.63, 3.8) is 0 Å². The Morgan fingerprint density at radius 2 is 2.09 bits per heavy atom. The lowest BCUT2D eigenvalue weighted by molar-refractivity contribution is 0.102. The highest BCUT2D eigenvalue weighted by Crippen LogP contribution is 2.20. The minimum absolute atomic E-state index is 0.262.